The van der Waals surface area contributed by atoms with Crippen LogP contribution in [0.5, 0.6) is 0 Å². The third kappa shape index (κ3) is 1.84. The molecule has 3 heteroatoms. The number of hydrogen-bond acceptors (Lipinski definition) is 3. The fraction of sp³-hybridized carbons (Fsp3) is 0.182. The van der Waals surface area contributed by atoms with E-state index < -0.39 is 0 Å². The minimum Gasteiger partial charge on any atom is -0.319 e. The maximum absolute atomic E-state index is 6.07. The van der Waals surface area contributed by atoms with Crippen molar-refractivity contribution in [2.24, 2.45) is 5.73 Å². The van der Waals surface area contributed by atoms with Crippen LogP contribution in [0.1, 0.15) is 23.0 Å². The Morgan fingerprint density at radius 2 is 2.21 bits per heavy atom. The number of nitrogens with two attached hydrogens (primary N) is 1. The van der Waals surface area contributed by atoms with Gasteiger partial charge in [0.05, 0.1) is 11.7 Å². The summed E-state index contributed by atoms with van der Waals surface area (Å²) in [5, 5.41) is 4.10. The fourth-order valence-electron chi connectivity index (χ4n) is 1.36. The van der Waals surface area contributed by atoms with Gasteiger partial charge in [0.1, 0.15) is 0 Å². The number of hydrogen-bond donors (Lipinski definition) is 1. The second-order valence-corrected chi connectivity index (χ2v) is 4.02. The van der Waals surface area contributed by atoms with Crippen LogP contribution in [0.3, 0.4) is 0 Å². The maximum atomic E-state index is 6.07. The Balaban J connectivity index is 2.32. The van der Waals surface area contributed by atoms with Gasteiger partial charge in [-0.15, -0.1) is 0 Å². The first-order valence-corrected chi connectivity index (χ1v) is 5.43. The van der Waals surface area contributed by atoms with Gasteiger partial charge in [-0.3, -0.25) is 4.98 Å². The summed E-state index contributed by atoms with van der Waals surface area (Å²) in [6.45, 7) is 1.98. The third-order valence-electron chi connectivity index (χ3n) is 2.13. The zero-order valence-electron chi connectivity index (χ0n) is 7.97. The molecule has 0 aliphatic carbocycles. The van der Waals surface area contributed by atoms with Crippen molar-refractivity contribution in [1.29, 1.82) is 0 Å². The molecule has 0 amide bonds. The summed E-state index contributed by atoms with van der Waals surface area (Å²) >= 11 is 1.66. The second kappa shape index (κ2) is 3.90. The van der Waals surface area contributed by atoms with Crippen LogP contribution in [0.15, 0.2) is 35.0 Å². The van der Waals surface area contributed by atoms with Crippen molar-refractivity contribution >= 4 is 11.3 Å². The van der Waals surface area contributed by atoms with E-state index in [9.17, 15) is 0 Å². The molecule has 72 valence electrons. The van der Waals surface area contributed by atoms with E-state index in [2.05, 4.69) is 10.4 Å². The van der Waals surface area contributed by atoms with Gasteiger partial charge in [0.2, 0.25) is 0 Å². The molecule has 14 heavy (non-hydrogen) atoms. The monoisotopic (exact) mass is 204 g/mol. The van der Waals surface area contributed by atoms with Crippen LogP contribution >= 0.6 is 11.3 Å². The smallest absolute Gasteiger partial charge is 0.0734 e. The van der Waals surface area contributed by atoms with Gasteiger partial charge in [0.15, 0.2) is 0 Å². The molecule has 0 saturated heterocycles. The zero-order valence-corrected chi connectivity index (χ0v) is 8.79. The van der Waals surface area contributed by atoms with E-state index in [1.807, 2.05) is 36.6 Å². The van der Waals surface area contributed by atoms with Gasteiger partial charge in [0, 0.05) is 5.69 Å². The lowest BCUT2D eigenvalue weighted by atomic mass is 10.1. The Bertz CT molecular complexity index is 409. The van der Waals surface area contributed by atoms with Crippen LogP contribution in [0.25, 0.3) is 0 Å². The molecule has 0 aromatic carbocycles. The molecule has 0 radical (unpaired) electrons. The molecule has 0 spiro atoms. The van der Waals surface area contributed by atoms with E-state index in [0.717, 1.165) is 17.0 Å². The van der Waals surface area contributed by atoms with Gasteiger partial charge in [0.25, 0.3) is 0 Å². The SMILES string of the molecule is Cc1cccc([C@H](N)c2ccsc2)n1. The molecule has 0 saturated carbocycles. The maximum Gasteiger partial charge on any atom is 0.0734 e. The van der Waals surface area contributed by atoms with Gasteiger partial charge in [-0.25, -0.2) is 0 Å². The Morgan fingerprint density at radius 3 is 2.86 bits per heavy atom. The summed E-state index contributed by atoms with van der Waals surface area (Å²) in [4.78, 5) is 4.41. The lowest BCUT2D eigenvalue weighted by Crippen LogP contribution is -2.12. The second-order valence-electron chi connectivity index (χ2n) is 3.24. The predicted octanol–water partition coefficient (Wildman–Crippen LogP) is 2.50. The summed E-state index contributed by atoms with van der Waals surface area (Å²) in [6.07, 6.45) is 0. The van der Waals surface area contributed by atoms with Gasteiger partial charge in [-0.1, -0.05) is 6.07 Å². The molecule has 0 bridgehead atoms. The minimum atomic E-state index is -0.0962. The van der Waals surface area contributed by atoms with Crippen LogP contribution in [0, 0.1) is 6.92 Å². The van der Waals surface area contributed by atoms with Gasteiger partial charge in [-0.2, -0.15) is 11.3 Å². The van der Waals surface area contributed by atoms with Crippen LogP contribution in [0.4, 0.5) is 0 Å². The molecule has 2 nitrogen and oxygen atoms in total. The highest BCUT2D eigenvalue weighted by Gasteiger charge is 2.09. The number of rotatable bonds is 2. The molecule has 0 aliphatic heterocycles. The van der Waals surface area contributed by atoms with Gasteiger partial charge < -0.3 is 5.73 Å². The molecule has 2 heterocycles. The van der Waals surface area contributed by atoms with Gasteiger partial charge >= 0.3 is 0 Å². The standard InChI is InChI=1S/C11H12N2S/c1-8-3-2-4-10(13-8)11(12)9-5-6-14-7-9/h2-7,11H,12H2,1H3/t11-/m1/s1. The van der Waals surface area contributed by atoms with Crippen molar-refractivity contribution in [1.82, 2.24) is 4.98 Å². The molecule has 2 aromatic rings. The molecule has 2 rings (SSSR count). The van der Waals surface area contributed by atoms with E-state index in [-0.39, 0.29) is 6.04 Å². The third-order valence-corrected chi connectivity index (χ3v) is 2.83. The summed E-state index contributed by atoms with van der Waals surface area (Å²) in [5.41, 5.74) is 9.15. The minimum absolute atomic E-state index is 0.0962. The first-order chi connectivity index (χ1) is 6.77. The van der Waals surface area contributed by atoms with E-state index >= 15 is 0 Å². The molecule has 0 fully saturated rings. The summed E-state index contributed by atoms with van der Waals surface area (Å²) in [7, 11) is 0. The fourth-order valence-corrected chi connectivity index (χ4v) is 2.06. The average Bonchev–Trinajstić information content (AvgIpc) is 2.69. The predicted molar refractivity (Wildman–Crippen MR) is 59.3 cm³/mol. The lowest BCUT2D eigenvalue weighted by Gasteiger charge is -2.09. The lowest BCUT2D eigenvalue weighted by molar-refractivity contribution is 0.825. The summed E-state index contributed by atoms with van der Waals surface area (Å²) < 4.78 is 0. The molecule has 0 aliphatic rings. The van der Waals surface area contributed by atoms with Gasteiger partial charge in [-0.05, 0) is 41.4 Å². The largest absolute Gasteiger partial charge is 0.319 e. The molecule has 1 atom stereocenters. The Hall–Kier alpha value is -1.19. The van der Waals surface area contributed by atoms with E-state index in [1.54, 1.807) is 11.3 Å². The van der Waals surface area contributed by atoms with Crippen molar-refractivity contribution in [2.45, 2.75) is 13.0 Å². The molecule has 2 N–H and O–H groups in total. The zero-order chi connectivity index (χ0) is 9.97. The summed E-state index contributed by atoms with van der Waals surface area (Å²) in [6, 6.07) is 7.88. The van der Waals surface area contributed by atoms with Crippen LogP contribution in [-0.2, 0) is 0 Å². The van der Waals surface area contributed by atoms with Crippen LogP contribution in [-0.4, -0.2) is 4.98 Å². The van der Waals surface area contributed by atoms with E-state index in [4.69, 9.17) is 5.73 Å². The topological polar surface area (TPSA) is 38.9 Å². The first kappa shape index (κ1) is 9.37. The van der Waals surface area contributed by atoms with Crippen molar-refractivity contribution in [3.8, 4) is 0 Å². The Kier molecular flexibility index (Phi) is 2.61. The normalized spacial score (nSPS) is 12.7. The Labute approximate surface area is 87.4 Å². The average molecular weight is 204 g/mol. The van der Waals surface area contributed by atoms with Crippen LogP contribution < -0.4 is 5.73 Å². The summed E-state index contributed by atoms with van der Waals surface area (Å²) in [5.74, 6) is 0. The van der Waals surface area contributed by atoms with Crippen LogP contribution in [0.2, 0.25) is 0 Å². The van der Waals surface area contributed by atoms with Crippen molar-refractivity contribution in [2.75, 3.05) is 0 Å². The highest BCUT2D eigenvalue weighted by molar-refractivity contribution is 7.07. The highest BCUT2D eigenvalue weighted by atomic mass is 32.1. The molecule has 0 unspecified atom stereocenters. The molecule has 2 aromatic heterocycles. The molecular weight excluding hydrogens is 192 g/mol. The Morgan fingerprint density at radius 1 is 1.36 bits per heavy atom. The van der Waals surface area contributed by atoms with E-state index in [0.29, 0.717) is 0 Å². The van der Waals surface area contributed by atoms with Crippen molar-refractivity contribution < 1.29 is 0 Å². The number of aryl methyl sites for hydroxylation is 1. The first-order valence-electron chi connectivity index (χ1n) is 4.48. The highest BCUT2D eigenvalue weighted by Crippen LogP contribution is 2.19. The number of aromatic nitrogens is 1. The number of nitrogens with zero attached hydrogens (tertiary/aromatic N) is 1. The van der Waals surface area contributed by atoms with Crippen molar-refractivity contribution in [3.63, 3.8) is 0 Å². The van der Waals surface area contributed by atoms with Crippen molar-refractivity contribution in [3.05, 3.63) is 52.0 Å². The molecular formula is C11H12N2S. The number of thiophene rings is 1. The quantitative estimate of drug-likeness (QED) is 0.816. The number of pyridine rings is 1. The van der Waals surface area contributed by atoms with E-state index in [1.165, 1.54) is 0 Å².